The lowest BCUT2D eigenvalue weighted by atomic mass is 9.79. The first-order chi connectivity index (χ1) is 14.2. The van der Waals surface area contributed by atoms with Crippen molar-refractivity contribution in [1.82, 2.24) is 0 Å². The van der Waals surface area contributed by atoms with Gasteiger partial charge < -0.3 is 0 Å². The van der Waals surface area contributed by atoms with Crippen LogP contribution in [0.3, 0.4) is 0 Å². The van der Waals surface area contributed by atoms with Gasteiger partial charge in [-0.15, -0.1) is 0 Å². The Balaban J connectivity index is 0.000000461. The van der Waals surface area contributed by atoms with Crippen LogP contribution in [-0.4, -0.2) is 0 Å². The van der Waals surface area contributed by atoms with Crippen LogP contribution in [0.4, 0.5) is 0 Å². The standard InChI is InChI=1S/C23H18.3C2H6/c1-23(2)20-10-6-5-9-18(20)19-14-13-16-12-11-15-7-3-4-8-17(15)21(16)22(19)23;3*1-2/h3-14H,1-2H3;3*1-2H3. The zero-order chi connectivity index (χ0) is 21.6. The maximum atomic E-state index is 2.36. The van der Waals surface area contributed by atoms with E-state index in [1.807, 2.05) is 41.5 Å². The van der Waals surface area contributed by atoms with E-state index in [-0.39, 0.29) is 5.41 Å². The number of hydrogen-bond acceptors (Lipinski definition) is 0. The molecule has 1 aliphatic carbocycles. The lowest BCUT2D eigenvalue weighted by Gasteiger charge is -2.24. The highest BCUT2D eigenvalue weighted by Gasteiger charge is 2.36. The largest absolute Gasteiger partial charge is 0.0683 e. The highest BCUT2D eigenvalue weighted by atomic mass is 14.4. The summed E-state index contributed by atoms with van der Waals surface area (Å²) in [5, 5.41) is 5.44. The van der Waals surface area contributed by atoms with Crippen LogP contribution in [0.15, 0.2) is 72.8 Å². The minimum Gasteiger partial charge on any atom is -0.0683 e. The summed E-state index contributed by atoms with van der Waals surface area (Å²) in [6.45, 7) is 16.7. The quantitative estimate of drug-likeness (QED) is 0.265. The molecule has 0 amide bonds. The molecule has 0 aliphatic heterocycles. The van der Waals surface area contributed by atoms with Crippen molar-refractivity contribution in [3.05, 3.63) is 83.9 Å². The summed E-state index contributed by atoms with van der Waals surface area (Å²) in [7, 11) is 0. The lowest BCUT2D eigenvalue weighted by Crippen LogP contribution is -2.15. The second kappa shape index (κ2) is 9.74. The maximum Gasteiger partial charge on any atom is 0.0165 e. The molecular weight excluding hydrogens is 348 g/mol. The van der Waals surface area contributed by atoms with E-state index in [1.165, 1.54) is 43.8 Å². The molecule has 0 atom stereocenters. The molecule has 4 aromatic rings. The van der Waals surface area contributed by atoms with Gasteiger partial charge in [0, 0.05) is 5.41 Å². The summed E-state index contributed by atoms with van der Waals surface area (Å²) in [6.07, 6.45) is 0. The van der Waals surface area contributed by atoms with Crippen molar-refractivity contribution >= 4 is 21.5 Å². The number of fused-ring (bicyclic) bond motifs is 7. The number of hydrogen-bond donors (Lipinski definition) is 0. The first-order valence-electron chi connectivity index (χ1n) is 11.2. The fourth-order valence-electron chi connectivity index (χ4n) is 4.37. The summed E-state index contributed by atoms with van der Waals surface area (Å²) in [6, 6.07) is 26.7. The van der Waals surface area contributed by atoms with Gasteiger partial charge in [-0.25, -0.2) is 0 Å². The van der Waals surface area contributed by atoms with Crippen LogP contribution in [0.25, 0.3) is 32.7 Å². The van der Waals surface area contributed by atoms with E-state index in [2.05, 4.69) is 86.6 Å². The van der Waals surface area contributed by atoms with Crippen molar-refractivity contribution in [1.29, 1.82) is 0 Å². The molecule has 0 N–H and O–H groups in total. The average Bonchev–Trinajstić information content (AvgIpc) is 3.05. The molecule has 0 nitrogen and oxygen atoms in total. The third-order valence-electron chi connectivity index (χ3n) is 5.43. The topological polar surface area (TPSA) is 0 Å². The molecule has 0 fully saturated rings. The van der Waals surface area contributed by atoms with Gasteiger partial charge in [-0.3, -0.25) is 0 Å². The van der Waals surface area contributed by atoms with Crippen LogP contribution < -0.4 is 0 Å². The highest BCUT2D eigenvalue weighted by Crippen LogP contribution is 2.52. The van der Waals surface area contributed by atoms with E-state index in [0.717, 1.165) is 0 Å². The van der Waals surface area contributed by atoms with Crippen molar-refractivity contribution in [2.45, 2.75) is 60.8 Å². The fourth-order valence-corrected chi connectivity index (χ4v) is 4.37. The minimum absolute atomic E-state index is 0.0373. The van der Waals surface area contributed by atoms with Crippen LogP contribution in [0, 0.1) is 0 Å². The van der Waals surface area contributed by atoms with Crippen molar-refractivity contribution in [3.63, 3.8) is 0 Å². The summed E-state index contributed by atoms with van der Waals surface area (Å²) in [5.41, 5.74) is 5.75. The van der Waals surface area contributed by atoms with E-state index in [4.69, 9.17) is 0 Å². The molecule has 0 aromatic heterocycles. The first-order valence-corrected chi connectivity index (χ1v) is 11.2. The fraction of sp³-hybridized carbons (Fsp3) is 0.310. The molecule has 0 heteroatoms. The lowest BCUT2D eigenvalue weighted by molar-refractivity contribution is 0.666. The minimum atomic E-state index is 0.0373. The van der Waals surface area contributed by atoms with Crippen LogP contribution in [0.1, 0.15) is 66.5 Å². The number of rotatable bonds is 0. The Morgan fingerprint density at radius 2 is 1.07 bits per heavy atom. The second-order valence-electron chi connectivity index (χ2n) is 7.04. The van der Waals surface area contributed by atoms with Gasteiger partial charge in [0.15, 0.2) is 0 Å². The van der Waals surface area contributed by atoms with Gasteiger partial charge in [0.25, 0.3) is 0 Å². The Bertz CT molecular complexity index is 1080. The molecule has 0 spiro atoms. The summed E-state index contributed by atoms with van der Waals surface area (Å²) >= 11 is 0. The molecule has 152 valence electrons. The van der Waals surface area contributed by atoms with E-state index < -0.39 is 0 Å². The molecule has 4 aromatic carbocycles. The zero-order valence-electron chi connectivity index (χ0n) is 19.4. The Hall–Kier alpha value is -2.60. The first kappa shape index (κ1) is 22.7. The molecule has 5 rings (SSSR count). The summed E-state index contributed by atoms with van der Waals surface area (Å²) in [5.74, 6) is 0. The van der Waals surface area contributed by atoms with E-state index >= 15 is 0 Å². The predicted octanol–water partition coefficient (Wildman–Crippen LogP) is 9.38. The Kier molecular flexibility index (Phi) is 7.62. The van der Waals surface area contributed by atoms with Gasteiger partial charge in [-0.1, -0.05) is 128 Å². The van der Waals surface area contributed by atoms with Crippen molar-refractivity contribution in [2.24, 2.45) is 0 Å². The summed E-state index contributed by atoms with van der Waals surface area (Å²) < 4.78 is 0. The van der Waals surface area contributed by atoms with Gasteiger partial charge in [-0.2, -0.15) is 0 Å². The van der Waals surface area contributed by atoms with Crippen LogP contribution in [0.2, 0.25) is 0 Å². The SMILES string of the molecule is CC.CC.CC.CC1(C)c2ccccc2-c2ccc3ccc4ccccc4c3c21. The Labute approximate surface area is 177 Å². The second-order valence-corrected chi connectivity index (χ2v) is 7.04. The third-order valence-corrected chi connectivity index (χ3v) is 5.43. The van der Waals surface area contributed by atoms with Gasteiger partial charge in [0.2, 0.25) is 0 Å². The highest BCUT2D eigenvalue weighted by molar-refractivity contribution is 6.12. The smallest absolute Gasteiger partial charge is 0.0165 e. The molecule has 0 saturated heterocycles. The third kappa shape index (κ3) is 3.69. The Morgan fingerprint density at radius 3 is 1.79 bits per heavy atom. The monoisotopic (exact) mass is 384 g/mol. The van der Waals surface area contributed by atoms with Crippen LogP contribution in [-0.2, 0) is 5.41 Å². The average molecular weight is 385 g/mol. The van der Waals surface area contributed by atoms with Gasteiger partial charge >= 0.3 is 0 Å². The van der Waals surface area contributed by atoms with E-state index in [1.54, 1.807) is 0 Å². The van der Waals surface area contributed by atoms with Crippen molar-refractivity contribution in [2.75, 3.05) is 0 Å². The normalized spacial score (nSPS) is 12.4. The molecule has 0 saturated carbocycles. The van der Waals surface area contributed by atoms with Crippen molar-refractivity contribution in [3.8, 4) is 11.1 Å². The molecule has 1 aliphatic rings. The van der Waals surface area contributed by atoms with Crippen molar-refractivity contribution < 1.29 is 0 Å². The number of benzene rings is 4. The van der Waals surface area contributed by atoms with E-state index in [0.29, 0.717) is 0 Å². The molecule has 0 bridgehead atoms. The molecule has 0 radical (unpaired) electrons. The molecule has 29 heavy (non-hydrogen) atoms. The molecular formula is C29H36. The van der Waals surface area contributed by atoms with Gasteiger partial charge in [0.1, 0.15) is 0 Å². The predicted molar refractivity (Wildman–Crippen MR) is 133 cm³/mol. The zero-order valence-corrected chi connectivity index (χ0v) is 19.4. The van der Waals surface area contributed by atoms with Crippen LogP contribution in [0.5, 0.6) is 0 Å². The Morgan fingerprint density at radius 1 is 0.517 bits per heavy atom. The maximum absolute atomic E-state index is 2.36. The van der Waals surface area contributed by atoms with Gasteiger partial charge in [-0.05, 0) is 43.8 Å². The summed E-state index contributed by atoms with van der Waals surface area (Å²) in [4.78, 5) is 0. The van der Waals surface area contributed by atoms with Gasteiger partial charge in [0.05, 0.1) is 0 Å². The molecule has 0 heterocycles. The molecule has 0 unspecified atom stereocenters. The van der Waals surface area contributed by atoms with E-state index in [9.17, 15) is 0 Å². The van der Waals surface area contributed by atoms with Crippen LogP contribution >= 0.6 is 0 Å².